The highest BCUT2D eigenvalue weighted by Gasteiger charge is 2.33. The van der Waals surface area contributed by atoms with Crippen LogP contribution in [0.2, 0.25) is 0 Å². The molecule has 5 heteroatoms. The molecule has 5 nitrogen and oxygen atoms in total. The number of morpholine rings is 1. The van der Waals surface area contributed by atoms with E-state index in [1.807, 2.05) is 18.3 Å². The highest BCUT2D eigenvalue weighted by Crippen LogP contribution is 2.27. The second-order valence-electron chi connectivity index (χ2n) is 6.45. The van der Waals surface area contributed by atoms with Gasteiger partial charge in [0.15, 0.2) is 0 Å². The standard InChI is InChI=1S/C19H23N3O2/c1-2-4-15(5-3-1)12-18-20-8-6-19(21-18)22-9-11-24-14-17(22)16-7-10-23-13-16/h1-6,8,16-17H,7,9-14H2. The van der Waals surface area contributed by atoms with E-state index < -0.39 is 0 Å². The first-order chi connectivity index (χ1) is 11.9. The summed E-state index contributed by atoms with van der Waals surface area (Å²) < 4.78 is 11.3. The maximum atomic E-state index is 5.73. The third kappa shape index (κ3) is 3.42. The zero-order valence-corrected chi connectivity index (χ0v) is 13.8. The Bertz CT molecular complexity index is 659. The second kappa shape index (κ2) is 7.28. The molecule has 1 aromatic heterocycles. The summed E-state index contributed by atoms with van der Waals surface area (Å²) in [7, 11) is 0. The quantitative estimate of drug-likeness (QED) is 0.863. The van der Waals surface area contributed by atoms with Crippen LogP contribution in [0.25, 0.3) is 0 Å². The Balaban J connectivity index is 1.54. The normalized spacial score (nSPS) is 24.2. The molecule has 126 valence electrons. The summed E-state index contributed by atoms with van der Waals surface area (Å²) in [6.07, 6.45) is 3.74. The zero-order valence-electron chi connectivity index (χ0n) is 13.8. The number of ether oxygens (including phenoxy) is 2. The zero-order chi connectivity index (χ0) is 16.2. The third-order valence-electron chi connectivity index (χ3n) is 4.86. The number of aromatic nitrogens is 2. The van der Waals surface area contributed by atoms with Gasteiger partial charge in [0.2, 0.25) is 0 Å². The molecule has 0 spiro atoms. The van der Waals surface area contributed by atoms with Gasteiger partial charge < -0.3 is 14.4 Å². The number of rotatable bonds is 4. The maximum absolute atomic E-state index is 5.73. The van der Waals surface area contributed by atoms with Crippen LogP contribution in [0, 0.1) is 5.92 Å². The smallest absolute Gasteiger partial charge is 0.135 e. The summed E-state index contributed by atoms with van der Waals surface area (Å²) >= 11 is 0. The number of anilines is 1. The summed E-state index contributed by atoms with van der Waals surface area (Å²) in [5, 5.41) is 0. The van der Waals surface area contributed by atoms with Crippen molar-refractivity contribution in [1.29, 1.82) is 0 Å². The van der Waals surface area contributed by atoms with Gasteiger partial charge in [-0.2, -0.15) is 0 Å². The fourth-order valence-electron chi connectivity index (χ4n) is 3.57. The van der Waals surface area contributed by atoms with Crippen molar-refractivity contribution in [3.05, 3.63) is 54.0 Å². The van der Waals surface area contributed by atoms with Crippen molar-refractivity contribution in [2.75, 3.05) is 37.9 Å². The van der Waals surface area contributed by atoms with Crippen LogP contribution in [0.4, 0.5) is 5.82 Å². The molecule has 24 heavy (non-hydrogen) atoms. The van der Waals surface area contributed by atoms with Crippen LogP contribution >= 0.6 is 0 Å². The van der Waals surface area contributed by atoms with E-state index in [0.717, 1.165) is 57.5 Å². The molecule has 2 saturated heterocycles. The molecule has 2 aliphatic rings. The van der Waals surface area contributed by atoms with E-state index in [1.54, 1.807) is 0 Å². The molecule has 0 aliphatic carbocycles. The lowest BCUT2D eigenvalue weighted by molar-refractivity contribution is 0.0706. The Morgan fingerprint density at radius 3 is 2.75 bits per heavy atom. The highest BCUT2D eigenvalue weighted by molar-refractivity contribution is 5.40. The summed E-state index contributed by atoms with van der Waals surface area (Å²) in [5.41, 5.74) is 1.23. The fraction of sp³-hybridized carbons (Fsp3) is 0.474. The van der Waals surface area contributed by atoms with Gasteiger partial charge in [-0.1, -0.05) is 30.3 Å². The SMILES string of the molecule is c1ccc(Cc2nccc(N3CCOCC3C3CCOC3)n2)cc1. The molecule has 2 unspecified atom stereocenters. The summed E-state index contributed by atoms with van der Waals surface area (Å²) in [6.45, 7) is 4.07. The molecule has 4 rings (SSSR count). The molecule has 0 N–H and O–H groups in total. The molecule has 2 aromatic rings. The summed E-state index contributed by atoms with van der Waals surface area (Å²) in [5.74, 6) is 2.40. The lowest BCUT2D eigenvalue weighted by Crippen LogP contribution is -2.50. The average molecular weight is 325 g/mol. The first-order valence-corrected chi connectivity index (χ1v) is 8.68. The van der Waals surface area contributed by atoms with Gasteiger partial charge in [-0.3, -0.25) is 0 Å². The van der Waals surface area contributed by atoms with Crippen molar-refractivity contribution in [3.8, 4) is 0 Å². The molecule has 1 aromatic carbocycles. The topological polar surface area (TPSA) is 47.5 Å². The summed E-state index contributed by atoms with van der Waals surface area (Å²) in [4.78, 5) is 11.7. The van der Waals surface area contributed by atoms with E-state index in [1.165, 1.54) is 5.56 Å². The van der Waals surface area contributed by atoms with Gasteiger partial charge in [0.05, 0.1) is 25.9 Å². The van der Waals surface area contributed by atoms with E-state index in [2.05, 4.69) is 34.1 Å². The van der Waals surface area contributed by atoms with Gasteiger partial charge in [0.25, 0.3) is 0 Å². The van der Waals surface area contributed by atoms with E-state index in [0.29, 0.717) is 12.0 Å². The Kier molecular flexibility index (Phi) is 4.71. The molecule has 0 bridgehead atoms. The second-order valence-corrected chi connectivity index (χ2v) is 6.45. The molecule has 3 heterocycles. The number of nitrogens with zero attached hydrogens (tertiary/aromatic N) is 3. The lowest BCUT2D eigenvalue weighted by atomic mass is 9.97. The largest absolute Gasteiger partial charge is 0.381 e. The number of hydrogen-bond donors (Lipinski definition) is 0. The summed E-state index contributed by atoms with van der Waals surface area (Å²) in [6, 6.07) is 12.7. The van der Waals surface area contributed by atoms with Crippen molar-refractivity contribution in [1.82, 2.24) is 9.97 Å². The Hall–Kier alpha value is -1.98. The van der Waals surface area contributed by atoms with Crippen LogP contribution in [-0.2, 0) is 15.9 Å². The predicted octanol–water partition coefficient (Wildman–Crippen LogP) is 2.31. The molecule has 0 radical (unpaired) electrons. The minimum absolute atomic E-state index is 0.348. The minimum Gasteiger partial charge on any atom is -0.381 e. The van der Waals surface area contributed by atoms with Crippen LogP contribution in [-0.4, -0.2) is 49.0 Å². The Morgan fingerprint density at radius 1 is 1.04 bits per heavy atom. The van der Waals surface area contributed by atoms with Gasteiger partial charge >= 0.3 is 0 Å². The molecule has 2 atom stereocenters. The van der Waals surface area contributed by atoms with Crippen molar-refractivity contribution >= 4 is 5.82 Å². The van der Waals surface area contributed by atoms with Crippen LogP contribution in [0.1, 0.15) is 17.8 Å². The Morgan fingerprint density at radius 2 is 1.92 bits per heavy atom. The van der Waals surface area contributed by atoms with Gasteiger partial charge in [-0.05, 0) is 18.1 Å². The van der Waals surface area contributed by atoms with Crippen molar-refractivity contribution in [2.24, 2.45) is 5.92 Å². The van der Waals surface area contributed by atoms with Gasteiger partial charge in [0.1, 0.15) is 11.6 Å². The monoisotopic (exact) mass is 325 g/mol. The first kappa shape index (κ1) is 15.5. The third-order valence-corrected chi connectivity index (χ3v) is 4.86. The maximum Gasteiger partial charge on any atom is 0.135 e. The number of hydrogen-bond acceptors (Lipinski definition) is 5. The van der Waals surface area contributed by atoms with E-state index in [4.69, 9.17) is 14.5 Å². The lowest BCUT2D eigenvalue weighted by Gasteiger charge is -2.39. The van der Waals surface area contributed by atoms with Crippen LogP contribution < -0.4 is 4.90 Å². The van der Waals surface area contributed by atoms with Gasteiger partial charge in [-0.15, -0.1) is 0 Å². The predicted molar refractivity (Wildman–Crippen MR) is 92.2 cm³/mol. The van der Waals surface area contributed by atoms with Crippen molar-refractivity contribution in [2.45, 2.75) is 18.9 Å². The molecular formula is C19H23N3O2. The minimum atomic E-state index is 0.348. The van der Waals surface area contributed by atoms with E-state index >= 15 is 0 Å². The molecule has 0 amide bonds. The molecular weight excluding hydrogens is 302 g/mol. The van der Waals surface area contributed by atoms with Crippen LogP contribution in [0.15, 0.2) is 42.6 Å². The van der Waals surface area contributed by atoms with Crippen molar-refractivity contribution in [3.63, 3.8) is 0 Å². The molecule has 2 aliphatic heterocycles. The number of benzene rings is 1. The van der Waals surface area contributed by atoms with Crippen LogP contribution in [0.3, 0.4) is 0 Å². The molecule has 0 saturated carbocycles. The molecule has 2 fully saturated rings. The van der Waals surface area contributed by atoms with E-state index in [-0.39, 0.29) is 0 Å². The van der Waals surface area contributed by atoms with E-state index in [9.17, 15) is 0 Å². The average Bonchev–Trinajstić information content (AvgIpc) is 3.17. The fourth-order valence-corrected chi connectivity index (χ4v) is 3.57. The van der Waals surface area contributed by atoms with Gasteiger partial charge in [0, 0.05) is 31.7 Å². The Labute approximate surface area is 142 Å². The highest BCUT2D eigenvalue weighted by atomic mass is 16.5. The van der Waals surface area contributed by atoms with Crippen molar-refractivity contribution < 1.29 is 9.47 Å². The first-order valence-electron chi connectivity index (χ1n) is 8.68. The van der Waals surface area contributed by atoms with Gasteiger partial charge in [-0.25, -0.2) is 9.97 Å². The van der Waals surface area contributed by atoms with Crippen LogP contribution in [0.5, 0.6) is 0 Å².